The lowest BCUT2D eigenvalue weighted by molar-refractivity contribution is 0.311. The van der Waals surface area contributed by atoms with Gasteiger partial charge in [0.05, 0.1) is 11.4 Å². The summed E-state index contributed by atoms with van der Waals surface area (Å²) in [6.07, 6.45) is 2.41. The first-order chi connectivity index (χ1) is 8.08. The van der Waals surface area contributed by atoms with E-state index in [0.29, 0.717) is 5.69 Å². The molecule has 1 saturated heterocycles. The van der Waals surface area contributed by atoms with Crippen LogP contribution in [-0.2, 0) is 0 Å². The van der Waals surface area contributed by atoms with E-state index in [-0.39, 0.29) is 5.82 Å². The third-order valence-corrected chi connectivity index (χ3v) is 3.81. The van der Waals surface area contributed by atoms with Gasteiger partial charge in [-0.05, 0) is 42.9 Å². The number of halogens is 1. The van der Waals surface area contributed by atoms with Crippen LogP contribution in [0.25, 0.3) is 0 Å². The van der Waals surface area contributed by atoms with Gasteiger partial charge in [0.2, 0.25) is 0 Å². The zero-order valence-corrected chi connectivity index (χ0v) is 10.6. The largest absolute Gasteiger partial charge is 0.397 e. The molecule has 0 aromatic heterocycles. The molecule has 1 aromatic rings. The smallest absolute Gasteiger partial charge is 0.125 e. The Kier molecular flexibility index (Phi) is 3.55. The number of rotatable bonds is 2. The molecule has 94 valence electrons. The monoisotopic (exact) mass is 236 g/mol. The maximum Gasteiger partial charge on any atom is 0.125 e. The number of hydrogen-bond acceptors (Lipinski definition) is 2. The maximum atomic E-state index is 13.0. The van der Waals surface area contributed by atoms with Gasteiger partial charge in [-0.15, -0.1) is 0 Å². The van der Waals surface area contributed by atoms with Crippen LogP contribution in [0.3, 0.4) is 0 Å². The van der Waals surface area contributed by atoms with Gasteiger partial charge in [0.1, 0.15) is 5.82 Å². The van der Waals surface area contributed by atoms with Crippen LogP contribution in [0.5, 0.6) is 0 Å². The molecule has 0 spiro atoms. The predicted octanol–water partition coefficient (Wildman–Crippen LogP) is 3.28. The molecule has 1 fully saturated rings. The Morgan fingerprint density at radius 3 is 2.47 bits per heavy atom. The van der Waals surface area contributed by atoms with Gasteiger partial charge in [0, 0.05) is 13.1 Å². The van der Waals surface area contributed by atoms with E-state index in [9.17, 15) is 4.39 Å². The zero-order valence-electron chi connectivity index (χ0n) is 10.6. The van der Waals surface area contributed by atoms with E-state index in [4.69, 9.17) is 5.73 Å². The Balaban J connectivity index is 2.05. The van der Waals surface area contributed by atoms with Crippen LogP contribution in [0.15, 0.2) is 18.2 Å². The summed E-state index contributed by atoms with van der Waals surface area (Å²) in [5.41, 5.74) is 7.39. The van der Waals surface area contributed by atoms with Crippen molar-refractivity contribution in [3.8, 4) is 0 Å². The third kappa shape index (κ3) is 2.71. The van der Waals surface area contributed by atoms with Gasteiger partial charge < -0.3 is 10.6 Å². The highest BCUT2D eigenvalue weighted by Gasteiger charge is 2.22. The predicted molar refractivity (Wildman–Crippen MR) is 70.6 cm³/mol. The van der Waals surface area contributed by atoms with Crippen molar-refractivity contribution in [1.29, 1.82) is 0 Å². The molecule has 2 N–H and O–H groups in total. The lowest BCUT2D eigenvalue weighted by Crippen LogP contribution is -2.35. The molecule has 0 radical (unpaired) electrons. The summed E-state index contributed by atoms with van der Waals surface area (Å²) in [7, 11) is 0. The van der Waals surface area contributed by atoms with Crippen molar-refractivity contribution in [2.45, 2.75) is 26.7 Å². The Morgan fingerprint density at radius 2 is 1.94 bits per heavy atom. The fourth-order valence-corrected chi connectivity index (χ4v) is 2.62. The number of nitrogens with zero attached hydrogens (tertiary/aromatic N) is 1. The molecule has 1 heterocycles. The van der Waals surface area contributed by atoms with E-state index in [0.717, 1.165) is 30.6 Å². The lowest BCUT2D eigenvalue weighted by Gasteiger charge is -2.35. The topological polar surface area (TPSA) is 29.3 Å². The minimum atomic E-state index is -0.261. The maximum absolute atomic E-state index is 13.0. The normalized spacial score (nSPS) is 17.8. The Bertz CT molecular complexity index is 382. The summed E-state index contributed by atoms with van der Waals surface area (Å²) < 4.78 is 13.0. The quantitative estimate of drug-likeness (QED) is 0.798. The SMILES string of the molecule is CC(C)C1CCN(c2ccc(F)cc2N)CC1. The highest BCUT2D eigenvalue weighted by molar-refractivity contribution is 5.67. The standard InChI is InChI=1S/C14H21FN2/c1-10(2)11-5-7-17(8-6-11)14-4-3-12(15)9-13(14)16/h3-4,9-11H,5-8,16H2,1-2H3. The highest BCUT2D eigenvalue weighted by Crippen LogP contribution is 2.30. The molecule has 0 aliphatic carbocycles. The molecule has 1 aromatic carbocycles. The van der Waals surface area contributed by atoms with Crippen LogP contribution in [0.4, 0.5) is 15.8 Å². The summed E-state index contributed by atoms with van der Waals surface area (Å²) >= 11 is 0. The molecular weight excluding hydrogens is 215 g/mol. The van der Waals surface area contributed by atoms with Gasteiger partial charge >= 0.3 is 0 Å². The fraction of sp³-hybridized carbons (Fsp3) is 0.571. The number of hydrogen-bond donors (Lipinski definition) is 1. The van der Waals surface area contributed by atoms with E-state index < -0.39 is 0 Å². The van der Waals surface area contributed by atoms with Crippen LogP contribution in [0.2, 0.25) is 0 Å². The molecule has 1 aliphatic heterocycles. The number of benzene rings is 1. The first-order valence-corrected chi connectivity index (χ1v) is 6.38. The summed E-state index contributed by atoms with van der Waals surface area (Å²) in [4.78, 5) is 2.27. The summed E-state index contributed by atoms with van der Waals surface area (Å²) in [6, 6.07) is 4.68. The van der Waals surface area contributed by atoms with Gasteiger partial charge in [0.15, 0.2) is 0 Å². The molecule has 3 heteroatoms. The van der Waals surface area contributed by atoms with E-state index in [2.05, 4.69) is 18.7 Å². The van der Waals surface area contributed by atoms with E-state index in [1.807, 2.05) is 0 Å². The van der Waals surface area contributed by atoms with Crippen LogP contribution in [-0.4, -0.2) is 13.1 Å². The molecule has 17 heavy (non-hydrogen) atoms. The van der Waals surface area contributed by atoms with E-state index in [1.165, 1.54) is 25.0 Å². The van der Waals surface area contributed by atoms with E-state index in [1.54, 1.807) is 6.07 Å². The van der Waals surface area contributed by atoms with Gasteiger partial charge in [-0.1, -0.05) is 13.8 Å². The summed E-state index contributed by atoms with van der Waals surface area (Å²) in [6.45, 7) is 6.62. The molecule has 2 nitrogen and oxygen atoms in total. The number of anilines is 2. The van der Waals surface area contributed by atoms with E-state index >= 15 is 0 Å². The minimum Gasteiger partial charge on any atom is -0.397 e. The van der Waals surface area contributed by atoms with Crippen LogP contribution < -0.4 is 10.6 Å². The van der Waals surface area contributed by atoms with Crippen molar-refractivity contribution in [2.75, 3.05) is 23.7 Å². The Hall–Kier alpha value is -1.25. The second kappa shape index (κ2) is 4.94. The second-order valence-electron chi connectivity index (χ2n) is 5.27. The molecule has 0 atom stereocenters. The van der Waals surface area contributed by atoms with Crippen LogP contribution in [0.1, 0.15) is 26.7 Å². The first-order valence-electron chi connectivity index (χ1n) is 6.38. The van der Waals surface area contributed by atoms with Crippen molar-refractivity contribution in [1.82, 2.24) is 0 Å². The number of piperidine rings is 1. The van der Waals surface area contributed by atoms with Gasteiger partial charge in [-0.3, -0.25) is 0 Å². The van der Waals surface area contributed by atoms with Gasteiger partial charge in [0.25, 0.3) is 0 Å². The summed E-state index contributed by atoms with van der Waals surface area (Å²) in [5, 5.41) is 0. The molecule has 1 aliphatic rings. The average molecular weight is 236 g/mol. The second-order valence-corrected chi connectivity index (χ2v) is 5.27. The van der Waals surface area contributed by atoms with Crippen molar-refractivity contribution in [2.24, 2.45) is 11.8 Å². The van der Waals surface area contributed by atoms with Gasteiger partial charge in [-0.25, -0.2) is 4.39 Å². The number of nitrogens with two attached hydrogens (primary N) is 1. The Labute approximate surface area is 103 Å². The van der Waals surface area contributed by atoms with Gasteiger partial charge in [-0.2, -0.15) is 0 Å². The van der Waals surface area contributed by atoms with Crippen LogP contribution in [0, 0.1) is 17.7 Å². The van der Waals surface area contributed by atoms with Crippen molar-refractivity contribution >= 4 is 11.4 Å². The zero-order chi connectivity index (χ0) is 12.4. The molecular formula is C14H21FN2. The lowest BCUT2D eigenvalue weighted by atomic mass is 9.86. The van der Waals surface area contributed by atoms with Crippen molar-refractivity contribution in [3.05, 3.63) is 24.0 Å². The molecule has 0 saturated carbocycles. The van der Waals surface area contributed by atoms with Crippen molar-refractivity contribution < 1.29 is 4.39 Å². The average Bonchev–Trinajstić information content (AvgIpc) is 2.29. The van der Waals surface area contributed by atoms with Crippen molar-refractivity contribution in [3.63, 3.8) is 0 Å². The number of nitrogen functional groups attached to an aromatic ring is 1. The van der Waals surface area contributed by atoms with Crippen LogP contribution >= 0.6 is 0 Å². The molecule has 0 amide bonds. The third-order valence-electron chi connectivity index (χ3n) is 3.81. The Morgan fingerprint density at radius 1 is 1.29 bits per heavy atom. The first kappa shape index (κ1) is 12.2. The molecule has 2 rings (SSSR count). The minimum absolute atomic E-state index is 0.261. The molecule has 0 unspecified atom stereocenters. The summed E-state index contributed by atoms with van der Waals surface area (Å²) in [5.74, 6) is 1.30. The highest BCUT2D eigenvalue weighted by atomic mass is 19.1. The fourth-order valence-electron chi connectivity index (χ4n) is 2.62. The molecule has 0 bridgehead atoms.